The molecule has 0 saturated heterocycles. The smallest absolute Gasteiger partial charge is 0.455 e. The van der Waals surface area contributed by atoms with Gasteiger partial charge in [0, 0.05) is 46.8 Å². The monoisotopic (exact) mass is 509 g/mol. The molecule has 0 radical (unpaired) electrons. The number of hydrogen-bond acceptors (Lipinski definition) is 8. The second-order valence-electron chi connectivity index (χ2n) is 9.19. The van der Waals surface area contributed by atoms with Gasteiger partial charge >= 0.3 is 5.76 Å². The summed E-state index contributed by atoms with van der Waals surface area (Å²) in [5.74, 6) is 0.0770. The van der Waals surface area contributed by atoms with E-state index in [-0.39, 0.29) is 11.5 Å². The quantitative estimate of drug-likeness (QED) is 0.287. The first kappa shape index (κ1) is 24.8. The van der Waals surface area contributed by atoms with E-state index < -0.39 is 5.76 Å². The summed E-state index contributed by atoms with van der Waals surface area (Å²) in [6.07, 6.45) is 7.05. The average Bonchev–Trinajstić information content (AvgIpc) is 3.34. The molecule has 5 rings (SSSR count). The number of benzene rings is 2. The molecule has 0 amide bonds. The number of nitrogens with zero attached hydrogens (tertiary/aromatic N) is 1. The third kappa shape index (κ3) is 4.50. The molecule has 1 atom stereocenters. The van der Waals surface area contributed by atoms with E-state index in [1.165, 1.54) is 0 Å². The number of aromatic nitrogens is 2. The lowest BCUT2D eigenvalue weighted by Crippen LogP contribution is -2.14. The van der Waals surface area contributed by atoms with E-state index in [1.807, 2.05) is 56.3 Å². The lowest BCUT2D eigenvalue weighted by Gasteiger charge is -2.20. The molecule has 0 spiro atoms. The Morgan fingerprint density at radius 1 is 1.13 bits per heavy atom. The van der Waals surface area contributed by atoms with Crippen molar-refractivity contribution in [3.05, 3.63) is 110 Å². The lowest BCUT2D eigenvalue weighted by molar-refractivity contribution is 0.388. The van der Waals surface area contributed by atoms with Crippen molar-refractivity contribution in [2.75, 3.05) is 12.4 Å². The maximum Gasteiger partial charge on any atom is 0.460 e. The van der Waals surface area contributed by atoms with E-state index in [2.05, 4.69) is 20.8 Å². The van der Waals surface area contributed by atoms with Crippen LogP contribution < -0.4 is 21.8 Å². The lowest BCUT2D eigenvalue weighted by atomic mass is 9.95. The number of para-hydroxylation sites is 1. The number of aryl methyl sites for hydroxylation is 1. The van der Waals surface area contributed by atoms with Crippen LogP contribution in [-0.4, -0.2) is 22.9 Å². The second kappa shape index (κ2) is 9.85. The van der Waals surface area contributed by atoms with Crippen LogP contribution in [-0.2, 0) is 0 Å². The van der Waals surface area contributed by atoms with Gasteiger partial charge in [0.2, 0.25) is 0 Å². The largest absolute Gasteiger partial charge is 0.460 e. The molecule has 9 nitrogen and oxygen atoms in total. The number of anilines is 1. The molecule has 2 aromatic carbocycles. The fraction of sp³-hybridized carbons (Fsp3) is 0.172. The minimum atomic E-state index is -0.703. The van der Waals surface area contributed by atoms with E-state index in [4.69, 9.17) is 14.3 Å². The zero-order chi connectivity index (χ0) is 27.0. The number of hydrogen-bond donors (Lipinski definition) is 4. The van der Waals surface area contributed by atoms with Gasteiger partial charge in [-0.2, -0.15) is 10.1 Å². The fourth-order valence-electron chi connectivity index (χ4n) is 4.61. The van der Waals surface area contributed by atoms with E-state index in [0.29, 0.717) is 50.5 Å². The molecule has 0 fully saturated rings. The highest BCUT2D eigenvalue weighted by Crippen LogP contribution is 2.34. The first-order valence-electron chi connectivity index (χ1n) is 12.1. The molecule has 0 bridgehead atoms. The molecule has 4 aromatic rings. The van der Waals surface area contributed by atoms with Gasteiger partial charge in [-0.3, -0.25) is 4.79 Å². The first-order chi connectivity index (χ1) is 18.3. The Kier molecular flexibility index (Phi) is 6.42. The number of aromatic amines is 1. The minimum Gasteiger partial charge on any atom is -0.455 e. The van der Waals surface area contributed by atoms with Crippen LogP contribution in [0.2, 0.25) is 0 Å². The van der Waals surface area contributed by atoms with Crippen molar-refractivity contribution >= 4 is 27.9 Å². The summed E-state index contributed by atoms with van der Waals surface area (Å²) in [6, 6.07) is 11.0. The molecule has 1 aliphatic carbocycles. The molecule has 192 valence electrons. The van der Waals surface area contributed by atoms with Gasteiger partial charge in [-0.1, -0.05) is 18.2 Å². The van der Waals surface area contributed by atoms with E-state index >= 15 is 0 Å². The van der Waals surface area contributed by atoms with Crippen molar-refractivity contribution in [2.45, 2.75) is 26.8 Å². The molecule has 4 N–H and O–H groups in total. The third-order valence-corrected chi connectivity index (χ3v) is 6.46. The van der Waals surface area contributed by atoms with Gasteiger partial charge in [0.05, 0.1) is 17.1 Å². The van der Waals surface area contributed by atoms with E-state index in [9.17, 15) is 9.59 Å². The zero-order valence-electron chi connectivity index (χ0n) is 21.4. The highest BCUT2D eigenvalue weighted by atomic mass is 16.5. The Hall–Kier alpha value is -4.92. The van der Waals surface area contributed by atoms with Gasteiger partial charge in [-0.05, 0) is 62.8 Å². The van der Waals surface area contributed by atoms with Crippen molar-refractivity contribution in [1.29, 1.82) is 5.41 Å². The summed E-state index contributed by atoms with van der Waals surface area (Å²) < 4.78 is 11.2. The van der Waals surface area contributed by atoms with E-state index in [1.54, 1.807) is 32.3 Å². The number of fused-ring (bicyclic) bond motifs is 1. The van der Waals surface area contributed by atoms with Gasteiger partial charge in [-0.25, -0.2) is 4.79 Å². The Balaban J connectivity index is 1.63. The second-order valence-corrected chi connectivity index (χ2v) is 9.19. The van der Waals surface area contributed by atoms with Gasteiger partial charge in [-0.15, -0.1) is 0 Å². The Morgan fingerprint density at radius 3 is 2.66 bits per heavy atom. The SMILES string of the molecule is CN/C=C1/C=C(c2oc3c(C(C)Nc4ccccc4-c4nc(=O)o[nH]4)cc(C)cc3c(=O)c2C)C=CC1=N. The summed E-state index contributed by atoms with van der Waals surface area (Å²) in [5, 5.41) is 17.6. The van der Waals surface area contributed by atoms with Crippen LogP contribution in [0.5, 0.6) is 0 Å². The topological polar surface area (TPSA) is 137 Å². The van der Waals surface area contributed by atoms with Gasteiger partial charge in [0.25, 0.3) is 0 Å². The van der Waals surface area contributed by atoms with E-state index in [0.717, 1.165) is 16.8 Å². The van der Waals surface area contributed by atoms with Gasteiger partial charge < -0.3 is 25.0 Å². The normalized spacial score (nSPS) is 15.1. The summed E-state index contributed by atoms with van der Waals surface area (Å²) in [4.78, 5) is 28.9. The molecule has 38 heavy (non-hydrogen) atoms. The zero-order valence-corrected chi connectivity index (χ0v) is 21.4. The average molecular weight is 510 g/mol. The maximum absolute atomic E-state index is 13.5. The van der Waals surface area contributed by atoms with Crippen LogP contribution in [0, 0.1) is 19.3 Å². The van der Waals surface area contributed by atoms with Crippen molar-refractivity contribution in [3.8, 4) is 11.4 Å². The maximum atomic E-state index is 13.5. The summed E-state index contributed by atoms with van der Waals surface area (Å²) in [7, 11) is 1.77. The Morgan fingerprint density at radius 2 is 1.92 bits per heavy atom. The third-order valence-electron chi connectivity index (χ3n) is 6.46. The molecule has 9 heteroatoms. The molecule has 0 aliphatic heterocycles. The van der Waals surface area contributed by atoms with Crippen LogP contribution in [0.1, 0.15) is 35.4 Å². The van der Waals surface area contributed by atoms with Crippen LogP contribution in [0.4, 0.5) is 5.69 Å². The summed E-state index contributed by atoms with van der Waals surface area (Å²) in [6.45, 7) is 5.68. The summed E-state index contributed by atoms with van der Waals surface area (Å²) in [5.41, 5.74) is 5.79. The fourth-order valence-corrected chi connectivity index (χ4v) is 4.61. The van der Waals surface area contributed by atoms with Crippen LogP contribution in [0.15, 0.2) is 84.9 Å². The summed E-state index contributed by atoms with van der Waals surface area (Å²) >= 11 is 0. The van der Waals surface area contributed by atoms with Crippen molar-refractivity contribution in [3.63, 3.8) is 0 Å². The first-order valence-corrected chi connectivity index (χ1v) is 12.1. The molecular formula is C29H27N5O4. The van der Waals surface area contributed by atoms with Crippen LogP contribution in [0.25, 0.3) is 27.9 Å². The molecule has 0 saturated carbocycles. The molecule has 1 aliphatic rings. The van der Waals surface area contributed by atoms with Crippen molar-refractivity contribution in [2.24, 2.45) is 0 Å². The number of nitrogens with one attached hydrogen (secondary N) is 4. The molecule has 2 aromatic heterocycles. The predicted octanol–water partition coefficient (Wildman–Crippen LogP) is 5.00. The predicted molar refractivity (Wildman–Crippen MR) is 149 cm³/mol. The van der Waals surface area contributed by atoms with Crippen molar-refractivity contribution in [1.82, 2.24) is 15.5 Å². The highest BCUT2D eigenvalue weighted by Gasteiger charge is 2.21. The van der Waals surface area contributed by atoms with Crippen LogP contribution in [0.3, 0.4) is 0 Å². The molecule has 1 unspecified atom stereocenters. The van der Waals surface area contributed by atoms with Crippen LogP contribution >= 0.6 is 0 Å². The number of rotatable bonds is 6. The Bertz CT molecular complexity index is 1780. The standard InChI is InChI=1S/C29H27N5O4/c1-15-11-21(17(3)32-24-8-6-5-7-20(24)28-33-29(36)38-34-28)27-22(12-15)25(35)16(2)26(37-27)18-9-10-23(30)19(13-18)14-31-4/h5-14,17,30-32H,1-4H3,(H,33,34,36)/b19-14-,30-23?. The Labute approximate surface area is 218 Å². The highest BCUT2D eigenvalue weighted by molar-refractivity contribution is 6.13. The van der Waals surface area contributed by atoms with Gasteiger partial charge in [0.15, 0.2) is 11.3 Å². The molecular weight excluding hydrogens is 482 g/mol. The van der Waals surface area contributed by atoms with Crippen molar-refractivity contribution < 1.29 is 8.94 Å². The van der Waals surface area contributed by atoms with Gasteiger partial charge in [0.1, 0.15) is 11.3 Å². The number of H-pyrrole nitrogens is 1. The minimum absolute atomic E-state index is 0.104. The number of allylic oxidation sites excluding steroid dienone is 5. The molecule has 2 heterocycles.